The van der Waals surface area contributed by atoms with Crippen LogP contribution in [-0.4, -0.2) is 45.4 Å². The molecular formula is C16H18N2O4. The zero-order chi connectivity index (χ0) is 16.1. The molecule has 2 heterocycles. The molecule has 1 atom stereocenters. The number of amides is 1. The van der Waals surface area contributed by atoms with Crippen LogP contribution in [0, 0.1) is 0 Å². The molecule has 0 aromatic carbocycles. The van der Waals surface area contributed by atoms with Crippen molar-refractivity contribution in [2.45, 2.75) is 19.4 Å². The molecule has 0 aromatic heterocycles. The van der Waals surface area contributed by atoms with E-state index in [0.29, 0.717) is 11.4 Å². The zero-order valence-corrected chi connectivity index (χ0v) is 12.7. The van der Waals surface area contributed by atoms with Gasteiger partial charge < -0.3 is 14.9 Å². The molecular weight excluding hydrogens is 284 g/mol. The van der Waals surface area contributed by atoms with Gasteiger partial charge in [0.2, 0.25) is 5.88 Å². The minimum atomic E-state index is -0.534. The first-order valence-corrected chi connectivity index (χ1v) is 6.93. The fourth-order valence-corrected chi connectivity index (χ4v) is 2.68. The van der Waals surface area contributed by atoms with E-state index in [9.17, 15) is 15.0 Å². The number of fused-ring (bicyclic) bond motifs is 2. The SMILES string of the molecule is COC1(C)C=CC2=CN3C(=CC2=C1)C(=O)N(CO)C(C)=C3O. The molecule has 0 aromatic rings. The lowest BCUT2D eigenvalue weighted by molar-refractivity contribution is -0.131. The smallest absolute Gasteiger partial charge is 0.277 e. The van der Waals surface area contributed by atoms with Crippen LogP contribution < -0.4 is 0 Å². The molecule has 2 N–H and O–H groups in total. The van der Waals surface area contributed by atoms with E-state index in [-0.39, 0.29) is 11.8 Å². The van der Waals surface area contributed by atoms with Crippen LogP contribution in [0.3, 0.4) is 0 Å². The van der Waals surface area contributed by atoms with Crippen LogP contribution in [0.2, 0.25) is 0 Å². The molecule has 3 aliphatic rings. The summed E-state index contributed by atoms with van der Waals surface area (Å²) in [6.07, 6.45) is 9.14. The second-order valence-corrected chi connectivity index (χ2v) is 5.59. The summed E-state index contributed by atoms with van der Waals surface area (Å²) in [6.45, 7) is 3.02. The Kier molecular flexibility index (Phi) is 3.23. The molecule has 0 bridgehead atoms. The Morgan fingerprint density at radius 1 is 1.36 bits per heavy atom. The Hall–Kier alpha value is -2.31. The number of hydrogen-bond donors (Lipinski definition) is 2. The highest BCUT2D eigenvalue weighted by Crippen LogP contribution is 2.36. The van der Waals surface area contributed by atoms with Crippen LogP contribution in [0.4, 0.5) is 0 Å². The van der Waals surface area contributed by atoms with Gasteiger partial charge in [0.25, 0.3) is 5.91 Å². The quantitative estimate of drug-likeness (QED) is 0.809. The maximum absolute atomic E-state index is 12.5. The molecule has 22 heavy (non-hydrogen) atoms. The van der Waals surface area contributed by atoms with Gasteiger partial charge in [0, 0.05) is 13.3 Å². The van der Waals surface area contributed by atoms with Crippen LogP contribution in [0.15, 0.2) is 58.9 Å². The van der Waals surface area contributed by atoms with Crippen molar-refractivity contribution in [3.05, 3.63) is 58.9 Å². The fourth-order valence-electron chi connectivity index (χ4n) is 2.68. The molecule has 3 rings (SSSR count). The Bertz CT molecular complexity index is 699. The molecule has 0 fully saturated rings. The van der Waals surface area contributed by atoms with E-state index >= 15 is 0 Å². The highest BCUT2D eigenvalue weighted by Gasteiger charge is 2.36. The molecule has 0 spiro atoms. The van der Waals surface area contributed by atoms with E-state index < -0.39 is 12.3 Å². The van der Waals surface area contributed by atoms with E-state index in [2.05, 4.69) is 0 Å². The lowest BCUT2D eigenvalue weighted by Crippen LogP contribution is -2.43. The van der Waals surface area contributed by atoms with Gasteiger partial charge in [-0.2, -0.15) is 0 Å². The fraction of sp³-hybridized carbons (Fsp3) is 0.312. The molecule has 0 radical (unpaired) electrons. The Morgan fingerprint density at radius 3 is 2.73 bits per heavy atom. The molecule has 1 unspecified atom stereocenters. The van der Waals surface area contributed by atoms with Crippen LogP contribution in [0.1, 0.15) is 13.8 Å². The molecule has 1 amide bonds. The number of methoxy groups -OCH3 is 1. The normalized spacial score (nSPS) is 27.3. The van der Waals surface area contributed by atoms with E-state index in [1.165, 1.54) is 4.90 Å². The van der Waals surface area contributed by atoms with Gasteiger partial charge in [0.05, 0.1) is 5.70 Å². The number of allylic oxidation sites excluding steroid dienone is 5. The topological polar surface area (TPSA) is 73.2 Å². The summed E-state index contributed by atoms with van der Waals surface area (Å²) in [5.74, 6) is -0.428. The lowest BCUT2D eigenvalue weighted by atomic mass is 9.88. The maximum Gasteiger partial charge on any atom is 0.277 e. The van der Waals surface area contributed by atoms with Crippen molar-refractivity contribution in [2.24, 2.45) is 0 Å². The largest absolute Gasteiger partial charge is 0.493 e. The lowest BCUT2D eigenvalue weighted by Gasteiger charge is -2.37. The van der Waals surface area contributed by atoms with Crippen molar-refractivity contribution in [1.29, 1.82) is 0 Å². The molecule has 1 aliphatic carbocycles. The number of carbonyl (C=O) groups is 1. The highest BCUT2D eigenvalue weighted by atomic mass is 16.5. The summed E-state index contributed by atoms with van der Waals surface area (Å²) >= 11 is 0. The summed E-state index contributed by atoms with van der Waals surface area (Å²) in [5.41, 5.74) is 1.80. The number of aliphatic hydroxyl groups is 2. The third kappa shape index (κ3) is 2.00. The third-order valence-electron chi connectivity index (χ3n) is 4.19. The van der Waals surface area contributed by atoms with Gasteiger partial charge in [-0.25, -0.2) is 0 Å². The van der Waals surface area contributed by atoms with Crippen LogP contribution in [0.25, 0.3) is 0 Å². The van der Waals surface area contributed by atoms with Crippen LogP contribution >= 0.6 is 0 Å². The van der Waals surface area contributed by atoms with E-state index in [1.54, 1.807) is 26.3 Å². The second-order valence-electron chi connectivity index (χ2n) is 5.59. The Labute approximate surface area is 128 Å². The predicted molar refractivity (Wildman–Crippen MR) is 79.9 cm³/mol. The number of aliphatic hydroxyl groups excluding tert-OH is 2. The van der Waals surface area contributed by atoms with Crippen LogP contribution in [-0.2, 0) is 9.53 Å². The van der Waals surface area contributed by atoms with Crippen molar-refractivity contribution in [3.8, 4) is 0 Å². The van der Waals surface area contributed by atoms with Gasteiger partial charge in [-0.15, -0.1) is 0 Å². The highest BCUT2D eigenvalue weighted by molar-refractivity contribution is 5.97. The minimum absolute atomic E-state index is 0.0695. The summed E-state index contributed by atoms with van der Waals surface area (Å²) in [6, 6.07) is 0. The van der Waals surface area contributed by atoms with Crippen molar-refractivity contribution < 1.29 is 19.7 Å². The molecule has 6 heteroatoms. The first-order chi connectivity index (χ1) is 10.4. The van der Waals surface area contributed by atoms with Crippen LogP contribution in [0.5, 0.6) is 0 Å². The summed E-state index contributed by atoms with van der Waals surface area (Å²) in [7, 11) is 1.62. The first-order valence-electron chi connectivity index (χ1n) is 6.93. The summed E-state index contributed by atoms with van der Waals surface area (Å²) in [5, 5.41) is 19.6. The van der Waals surface area contributed by atoms with Crippen molar-refractivity contribution in [3.63, 3.8) is 0 Å². The number of carbonyl (C=O) groups excluding carboxylic acids is 1. The van der Waals surface area contributed by atoms with E-state index in [0.717, 1.165) is 16.0 Å². The van der Waals surface area contributed by atoms with Crippen molar-refractivity contribution >= 4 is 5.91 Å². The molecule has 0 saturated carbocycles. The molecule has 2 aliphatic heterocycles. The van der Waals surface area contributed by atoms with Crippen molar-refractivity contribution in [1.82, 2.24) is 9.80 Å². The van der Waals surface area contributed by atoms with E-state index in [4.69, 9.17) is 4.74 Å². The van der Waals surface area contributed by atoms with Gasteiger partial charge in [0.15, 0.2) is 0 Å². The second kappa shape index (κ2) is 4.86. The summed E-state index contributed by atoms with van der Waals surface area (Å²) in [4.78, 5) is 15.0. The average Bonchev–Trinajstić information content (AvgIpc) is 2.52. The van der Waals surface area contributed by atoms with Gasteiger partial charge >= 0.3 is 0 Å². The first kappa shape index (κ1) is 14.6. The predicted octanol–water partition coefficient (Wildman–Crippen LogP) is 1.51. The number of ether oxygens (including phenoxy) is 1. The van der Waals surface area contributed by atoms with E-state index in [1.807, 2.05) is 25.2 Å². The standard InChI is InChI=1S/C16H18N2O4/c1-10-14(20)17-8-11-4-5-16(2,22-3)7-12(11)6-13(17)15(21)18(10)9-19/h4-8,19-20H,9H2,1-3H3. The van der Waals surface area contributed by atoms with Crippen molar-refractivity contribution in [2.75, 3.05) is 13.8 Å². The Balaban J connectivity index is 2.11. The zero-order valence-electron chi connectivity index (χ0n) is 12.7. The minimum Gasteiger partial charge on any atom is -0.493 e. The number of hydrogen-bond acceptors (Lipinski definition) is 5. The van der Waals surface area contributed by atoms with Gasteiger partial charge in [-0.05, 0) is 43.2 Å². The Morgan fingerprint density at radius 2 is 2.09 bits per heavy atom. The number of rotatable bonds is 2. The molecule has 6 nitrogen and oxygen atoms in total. The van der Waals surface area contributed by atoms with Gasteiger partial charge in [-0.3, -0.25) is 14.6 Å². The molecule has 116 valence electrons. The summed E-state index contributed by atoms with van der Waals surface area (Å²) < 4.78 is 5.44. The van der Waals surface area contributed by atoms with Gasteiger partial charge in [-0.1, -0.05) is 6.08 Å². The van der Waals surface area contributed by atoms with Gasteiger partial charge in [0.1, 0.15) is 18.0 Å². The monoisotopic (exact) mass is 302 g/mol. The molecule has 0 saturated heterocycles. The average molecular weight is 302 g/mol. The third-order valence-corrected chi connectivity index (χ3v) is 4.19. The number of nitrogens with zero attached hydrogens (tertiary/aromatic N) is 2. The maximum atomic E-state index is 12.5.